The lowest BCUT2D eigenvalue weighted by Crippen LogP contribution is -2.44. The van der Waals surface area contributed by atoms with Crippen molar-refractivity contribution in [1.29, 1.82) is 0 Å². The highest BCUT2D eigenvalue weighted by Crippen LogP contribution is 2.30. The third kappa shape index (κ3) is 4.85. The molecule has 0 saturated carbocycles. The van der Waals surface area contributed by atoms with Crippen molar-refractivity contribution in [1.82, 2.24) is 10.2 Å². The van der Waals surface area contributed by atoms with E-state index in [1.807, 2.05) is 6.08 Å². The van der Waals surface area contributed by atoms with Crippen LogP contribution in [0.3, 0.4) is 0 Å². The molecule has 0 radical (unpaired) electrons. The predicted octanol–water partition coefficient (Wildman–Crippen LogP) is 3.26. The van der Waals surface area contributed by atoms with Crippen molar-refractivity contribution in [3.8, 4) is 0 Å². The van der Waals surface area contributed by atoms with Crippen LogP contribution in [0.2, 0.25) is 10.0 Å². The van der Waals surface area contributed by atoms with Crippen LogP contribution in [0.15, 0.2) is 35.5 Å². The fourth-order valence-electron chi connectivity index (χ4n) is 2.18. The van der Waals surface area contributed by atoms with Crippen molar-refractivity contribution in [2.24, 2.45) is 10.7 Å². The fraction of sp³-hybridized carbons (Fsp3) is 0.438. The highest BCUT2D eigenvalue weighted by Gasteiger charge is 2.25. The molecule has 0 aliphatic carbocycles. The quantitative estimate of drug-likeness (QED) is 0.758. The fourth-order valence-corrected chi connectivity index (χ4v) is 2.67. The minimum absolute atomic E-state index is 0.434. The number of nitrogens with zero attached hydrogens (tertiary/aromatic N) is 2. The average molecular weight is 356 g/mol. The second-order valence-electron chi connectivity index (χ2n) is 6.00. The van der Waals surface area contributed by atoms with Crippen LogP contribution in [0.25, 0.3) is 0 Å². The smallest absolute Gasteiger partial charge is 0.202 e. The Bertz CT molecular complexity index is 594. The summed E-state index contributed by atoms with van der Waals surface area (Å²) in [5.74, 6) is 0.530. The average Bonchev–Trinajstić information content (AvgIpc) is 2.49. The molecular formula is C16H23Cl2N5. The van der Waals surface area contributed by atoms with Gasteiger partial charge in [0.25, 0.3) is 0 Å². The van der Waals surface area contributed by atoms with Gasteiger partial charge in [0.15, 0.2) is 0 Å². The van der Waals surface area contributed by atoms with Gasteiger partial charge in [-0.05, 0) is 52.1 Å². The molecule has 5 nitrogen and oxygen atoms in total. The van der Waals surface area contributed by atoms with Crippen molar-refractivity contribution < 1.29 is 0 Å². The Morgan fingerprint density at radius 2 is 2.00 bits per heavy atom. The van der Waals surface area contributed by atoms with Gasteiger partial charge < -0.3 is 21.3 Å². The summed E-state index contributed by atoms with van der Waals surface area (Å²) < 4.78 is 0. The van der Waals surface area contributed by atoms with Gasteiger partial charge in [0.05, 0.1) is 15.7 Å². The summed E-state index contributed by atoms with van der Waals surface area (Å²) in [7, 11) is 4.11. The summed E-state index contributed by atoms with van der Waals surface area (Å²) in [6.07, 6.45) is 5.35. The van der Waals surface area contributed by atoms with Gasteiger partial charge in [-0.2, -0.15) is 0 Å². The van der Waals surface area contributed by atoms with E-state index in [9.17, 15) is 0 Å². The number of guanidine groups is 1. The molecule has 2 unspecified atom stereocenters. The van der Waals surface area contributed by atoms with Crippen LogP contribution in [0.4, 0.5) is 5.69 Å². The van der Waals surface area contributed by atoms with Crippen LogP contribution >= 0.6 is 23.2 Å². The largest absolute Gasteiger partial charge is 0.333 e. The maximum atomic E-state index is 6.39. The maximum absolute atomic E-state index is 6.39. The van der Waals surface area contributed by atoms with Crippen molar-refractivity contribution in [2.45, 2.75) is 31.5 Å². The lowest BCUT2D eigenvalue weighted by Gasteiger charge is -2.29. The molecule has 1 heterocycles. The lowest BCUT2D eigenvalue weighted by atomic mass is 10.0. The summed E-state index contributed by atoms with van der Waals surface area (Å²) in [4.78, 5) is 6.74. The highest BCUT2D eigenvalue weighted by molar-refractivity contribution is 6.39. The van der Waals surface area contributed by atoms with E-state index in [1.165, 1.54) is 0 Å². The molecule has 126 valence electrons. The molecule has 7 heteroatoms. The number of aliphatic imine (C=N–C) groups is 1. The van der Waals surface area contributed by atoms with Crippen LogP contribution in [-0.2, 0) is 0 Å². The van der Waals surface area contributed by atoms with Crippen molar-refractivity contribution in [2.75, 3.05) is 19.4 Å². The summed E-state index contributed by atoms with van der Waals surface area (Å²) in [5.41, 5.74) is 6.26. The van der Waals surface area contributed by atoms with E-state index >= 15 is 0 Å². The molecule has 0 saturated heterocycles. The molecule has 0 fully saturated rings. The Balaban J connectivity index is 2.10. The monoisotopic (exact) mass is 355 g/mol. The minimum atomic E-state index is -0.744. The first-order valence-corrected chi connectivity index (χ1v) is 8.27. The number of anilines is 1. The number of halogens is 2. The van der Waals surface area contributed by atoms with E-state index in [2.05, 4.69) is 41.5 Å². The first-order chi connectivity index (χ1) is 10.8. The minimum Gasteiger partial charge on any atom is -0.333 e. The van der Waals surface area contributed by atoms with Crippen molar-refractivity contribution >= 4 is 34.8 Å². The normalized spacial score (nSPS) is 21.8. The summed E-state index contributed by atoms with van der Waals surface area (Å²) in [5, 5.41) is 7.21. The van der Waals surface area contributed by atoms with Crippen LogP contribution in [0, 0.1) is 0 Å². The zero-order chi connectivity index (χ0) is 17.0. The van der Waals surface area contributed by atoms with Gasteiger partial charge in [-0.15, -0.1) is 0 Å². The van der Waals surface area contributed by atoms with Gasteiger partial charge in [-0.3, -0.25) is 0 Å². The summed E-state index contributed by atoms with van der Waals surface area (Å²) in [6, 6.07) is 5.76. The van der Waals surface area contributed by atoms with Crippen LogP contribution in [-0.4, -0.2) is 36.7 Å². The van der Waals surface area contributed by atoms with Gasteiger partial charge in [-0.25, -0.2) is 4.99 Å². The van der Waals surface area contributed by atoms with Gasteiger partial charge in [-0.1, -0.05) is 29.3 Å². The van der Waals surface area contributed by atoms with E-state index < -0.39 is 5.66 Å². The number of hydrogen-bond acceptors (Lipinski definition) is 5. The van der Waals surface area contributed by atoms with E-state index in [0.29, 0.717) is 27.7 Å². The Labute approximate surface area is 147 Å². The standard InChI is InChI=1S/C16H23Cl2N5/c1-11(23(2)3)7-8-16(19)9-10-20-15(22-16)21-14-12(17)5-4-6-13(14)18/h4-6,9-11H,7-8,19H2,1-3H3,(H2,20,21,22). The van der Waals surface area contributed by atoms with Crippen molar-refractivity contribution in [3.63, 3.8) is 0 Å². The zero-order valence-corrected chi connectivity index (χ0v) is 15.1. The van der Waals surface area contributed by atoms with E-state index in [4.69, 9.17) is 28.9 Å². The van der Waals surface area contributed by atoms with Crippen LogP contribution in [0.5, 0.6) is 0 Å². The van der Waals surface area contributed by atoms with E-state index in [0.717, 1.165) is 12.8 Å². The third-order valence-corrected chi connectivity index (χ3v) is 4.59. The van der Waals surface area contributed by atoms with E-state index in [-0.39, 0.29) is 0 Å². The molecule has 1 aromatic carbocycles. The first kappa shape index (κ1) is 18.1. The van der Waals surface area contributed by atoms with Crippen LogP contribution in [0.1, 0.15) is 19.8 Å². The Morgan fingerprint density at radius 3 is 2.61 bits per heavy atom. The number of benzene rings is 1. The third-order valence-electron chi connectivity index (χ3n) is 3.96. The van der Waals surface area contributed by atoms with Crippen molar-refractivity contribution in [3.05, 3.63) is 40.5 Å². The Kier molecular flexibility index (Phi) is 5.92. The molecular weight excluding hydrogens is 333 g/mol. The molecule has 4 N–H and O–H groups in total. The van der Waals surface area contributed by atoms with Gasteiger partial charge in [0.2, 0.25) is 5.96 Å². The molecule has 1 aliphatic rings. The number of nitrogens with two attached hydrogens (primary N) is 1. The highest BCUT2D eigenvalue weighted by atomic mass is 35.5. The van der Waals surface area contributed by atoms with Crippen LogP contribution < -0.4 is 16.4 Å². The SMILES string of the molecule is CC(CCC1(N)C=CNC(Nc2c(Cl)cccc2Cl)=N1)N(C)C. The number of para-hydroxylation sites is 1. The zero-order valence-electron chi connectivity index (χ0n) is 13.6. The number of rotatable bonds is 5. The Morgan fingerprint density at radius 1 is 1.35 bits per heavy atom. The molecule has 0 aromatic heterocycles. The second kappa shape index (κ2) is 7.53. The first-order valence-electron chi connectivity index (χ1n) is 7.51. The molecule has 2 rings (SSSR count). The van der Waals surface area contributed by atoms with E-state index in [1.54, 1.807) is 24.4 Å². The summed E-state index contributed by atoms with van der Waals surface area (Å²) >= 11 is 12.3. The van der Waals surface area contributed by atoms with Gasteiger partial charge in [0, 0.05) is 12.2 Å². The lowest BCUT2D eigenvalue weighted by molar-refractivity contribution is 0.278. The molecule has 0 spiro atoms. The summed E-state index contributed by atoms with van der Waals surface area (Å²) in [6.45, 7) is 2.17. The molecule has 2 atom stereocenters. The number of hydrogen-bond donors (Lipinski definition) is 3. The molecule has 23 heavy (non-hydrogen) atoms. The number of nitrogens with one attached hydrogen (secondary N) is 2. The second-order valence-corrected chi connectivity index (χ2v) is 6.82. The van der Waals surface area contributed by atoms with Gasteiger partial charge in [0.1, 0.15) is 5.66 Å². The molecule has 1 aliphatic heterocycles. The predicted molar refractivity (Wildman–Crippen MR) is 99.1 cm³/mol. The maximum Gasteiger partial charge on any atom is 0.202 e. The topological polar surface area (TPSA) is 65.7 Å². The van der Waals surface area contributed by atoms with Gasteiger partial charge >= 0.3 is 0 Å². The molecule has 0 bridgehead atoms. The molecule has 0 amide bonds. The Hall–Kier alpha value is -1.27. The molecule has 1 aromatic rings.